The Morgan fingerprint density at radius 1 is 0.846 bits per heavy atom. The average molecular weight is 368 g/mol. The van der Waals surface area contributed by atoms with E-state index in [0.717, 1.165) is 16.7 Å². The predicted molar refractivity (Wildman–Crippen MR) is 102 cm³/mol. The molecule has 1 aliphatic carbocycles. The van der Waals surface area contributed by atoms with Crippen molar-refractivity contribution in [3.05, 3.63) is 101 Å². The Hall–Kier alpha value is -2.79. The van der Waals surface area contributed by atoms with Crippen molar-refractivity contribution in [3.8, 4) is 5.75 Å². The van der Waals surface area contributed by atoms with Crippen molar-refractivity contribution in [2.24, 2.45) is 0 Å². The standard InChI is InChI=1S/C21H20O4S/c1-16(2)20-14-13-19(15-21(20)17-9-5-3-6-10-17)25-26(22,23)24-18-11-7-4-8-12-18/h3-15,21H,1-2H3. The molecule has 134 valence electrons. The second-order valence-electron chi connectivity index (χ2n) is 6.13. The van der Waals surface area contributed by atoms with E-state index >= 15 is 0 Å². The SMILES string of the molecule is CC(C)=C1C=CC(OS(=O)(=O)Oc2ccccc2)=CC1c1ccccc1. The van der Waals surface area contributed by atoms with Crippen LogP contribution in [0.5, 0.6) is 5.75 Å². The van der Waals surface area contributed by atoms with Gasteiger partial charge in [-0.3, -0.25) is 0 Å². The topological polar surface area (TPSA) is 52.6 Å². The van der Waals surface area contributed by atoms with Gasteiger partial charge < -0.3 is 8.37 Å². The first-order valence-corrected chi connectivity index (χ1v) is 9.59. The molecule has 5 heteroatoms. The molecule has 1 aliphatic rings. The quantitative estimate of drug-likeness (QED) is 0.753. The first-order chi connectivity index (χ1) is 12.4. The van der Waals surface area contributed by atoms with Gasteiger partial charge in [0.15, 0.2) is 0 Å². The summed E-state index contributed by atoms with van der Waals surface area (Å²) in [7, 11) is -4.21. The van der Waals surface area contributed by atoms with Gasteiger partial charge >= 0.3 is 10.4 Å². The van der Waals surface area contributed by atoms with Gasteiger partial charge in [-0.1, -0.05) is 60.2 Å². The fourth-order valence-electron chi connectivity index (χ4n) is 2.78. The highest BCUT2D eigenvalue weighted by molar-refractivity contribution is 7.82. The van der Waals surface area contributed by atoms with Crippen LogP contribution in [0.15, 0.2) is 95.8 Å². The van der Waals surface area contributed by atoms with Crippen molar-refractivity contribution in [2.45, 2.75) is 19.8 Å². The highest BCUT2D eigenvalue weighted by atomic mass is 32.3. The maximum absolute atomic E-state index is 12.2. The van der Waals surface area contributed by atoms with Crippen molar-refractivity contribution in [1.82, 2.24) is 0 Å². The minimum atomic E-state index is -4.21. The molecule has 0 fully saturated rings. The van der Waals surface area contributed by atoms with Gasteiger partial charge in [-0.15, -0.1) is 8.42 Å². The molecule has 2 aromatic carbocycles. The summed E-state index contributed by atoms with van der Waals surface area (Å²) in [6.45, 7) is 4.06. The maximum Gasteiger partial charge on any atom is 0.500 e. The lowest BCUT2D eigenvalue weighted by molar-refractivity contribution is 0.344. The fraction of sp³-hybridized carbons (Fsp3) is 0.143. The summed E-state index contributed by atoms with van der Waals surface area (Å²) in [6, 6.07) is 18.2. The zero-order valence-electron chi connectivity index (χ0n) is 14.6. The number of benzene rings is 2. The van der Waals surface area contributed by atoms with Crippen molar-refractivity contribution >= 4 is 10.4 Å². The summed E-state index contributed by atoms with van der Waals surface area (Å²) in [5.74, 6) is 0.366. The summed E-state index contributed by atoms with van der Waals surface area (Å²) in [6.07, 6.45) is 5.33. The molecular weight excluding hydrogens is 348 g/mol. The van der Waals surface area contributed by atoms with E-state index in [1.165, 1.54) is 0 Å². The summed E-state index contributed by atoms with van der Waals surface area (Å²) in [5.41, 5.74) is 3.34. The van der Waals surface area contributed by atoms with Crippen molar-refractivity contribution < 1.29 is 16.8 Å². The zero-order valence-corrected chi connectivity index (χ0v) is 15.4. The largest absolute Gasteiger partial charge is 0.500 e. The Bertz CT molecular complexity index is 952. The minimum Gasteiger partial charge on any atom is -0.353 e. The highest BCUT2D eigenvalue weighted by Crippen LogP contribution is 2.34. The monoisotopic (exact) mass is 368 g/mol. The Labute approximate surface area is 154 Å². The van der Waals surface area contributed by atoms with E-state index < -0.39 is 10.4 Å². The van der Waals surface area contributed by atoms with E-state index in [-0.39, 0.29) is 17.4 Å². The summed E-state index contributed by atoms with van der Waals surface area (Å²) >= 11 is 0. The van der Waals surface area contributed by atoms with Crippen LogP contribution in [-0.2, 0) is 14.6 Å². The Balaban J connectivity index is 1.86. The Morgan fingerprint density at radius 2 is 1.46 bits per heavy atom. The van der Waals surface area contributed by atoms with E-state index in [1.807, 2.05) is 50.3 Å². The van der Waals surface area contributed by atoms with Crippen molar-refractivity contribution in [1.29, 1.82) is 0 Å². The number of hydrogen-bond donors (Lipinski definition) is 0. The molecule has 3 rings (SSSR count). The summed E-state index contributed by atoms with van der Waals surface area (Å²) < 4.78 is 34.5. The van der Waals surface area contributed by atoms with Gasteiger partial charge in [-0.2, -0.15) is 0 Å². The van der Waals surface area contributed by atoms with Crippen molar-refractivity contribution in [2.75, 3.05) is 0 Å². The van der Waals surface area contributed by atoms with Gasteiger partial charge in [0.05, 0.1) is 0 Å². The zero-order chi connectivity index (χ0) is 18.6. The summed E-state index contributed by atoms with van der Waals surface area (Å²) in [5, 5.41) is 0. The molecule has 0 saturated carbocycles. The van der Waals surface area contributed by atoms with Crippen LogP contribution in [0, 0.1) is 0 Å². The lowest BCUT2D eigenvalue weighted by Gasteiger charge is -2.21. The highest BCUT2D eigenvalue weighted by Gasteiger charge is 2.22. The van der Waals surface area contributed by atoms with E-state index in [2.05, 4.69) is 0 Å². The molecule has 0 N–H and O–H groups in total. The van der Waals surface area contributed by atoms with Crippen LogP contribution >= 0.6 is 0 Å². The average Bonchev–Trinajstić information content (AvgIpc) is 2.62. The molecule has 0 bridgehead atoms. The first-order valence-electron chi connectivity index (χ1n) is 8.26. The molecular formula is C21H20O4S. The number of para-hydroxylation sites is 1. The van der Waals surface area contributed by atoms with Crippen LogP contribution in [0.25, 0.3) is 0 Å². The minimum absolute atomic E-state index is 0.0758. The lowest BCUT2D eigenvalue weighted by atomic mass is 9.85. The van der Waals surface area contributed by atoms with Crippen LogP contribution in [0.3, 0.4) is 0 Å². The Kier molecular flexibility index (Phi) is 5.28. The van der Waals surface area contributed by atoms with Crippen LogP contribution in [0.2, 0.25) is 0 Å². The van der Waals surface area contributed by atoms with Gasteiger partial charge in [0, 0.05) is 5.92 Å². The molecule has 0 aliphatic heterocycles. The second-order valence-corrected chi connectivity index (χ2v) is 7.28. The maximum atomic E-state index is 12.2. The van der Waals surface area contributed by atoms with Gasteiger partial charge in [0.25, 0.3) is 0 Å². The smallest absolute Gasteiger partial charge is 0.353 e. The Morgan fingerprint density at radius 3 is 2.08 bits per heavy atom. The molecule has 1 atom stereocenters. The van der Waals surface area contributed by atoms with Crippen LogP contribution in [0.4, 0.5) is 0 Å². The normalized spacial score (nSPS) is 16.8. The second kappa shape index (κ2) is 7.62. The third-order valence-corrected chi connectivity index (χ3v) is 4.76. The third-order valence-electron chi connectivity index (χ3n) is 3.97. The predicted octanol–water partition coefficient (Wildman–Crippen LogP) is 4.90. The van der Waals surface area contributed by atoms with E-state index in [4.69, 9.17) is 8.37 Å². The van der Waals surface area contributed by atoms with E-state index in [1.54, 1.807) is 42.5 Å². The number of allylic oxidation sites excluding steroid dienone is 5. The molecule has 0 amide bonds. The van der Waals surface area contributed by atoms with E-state index in [0.29, 0.717) is 0 Å². The molecule has 0 saturated heterocycles. The lowest BCUT2D eigenvalue weighted by Crippen LogP contribution is -2.14. The van der Waals surface area contributed by atoms with Crippen LogP contribution < -0.4 is 4.18 Å². The molecule has 0 radical (unpaired) electrons. The molecule has 0 aromatic heterocycles. The first kappa shape index (κ1) is 18.0. The van der Waals surface area contributed by atoms with Crippen LogP contribution in [0.1, 0.15) is 25.3 Å². The molecule has 2 aromatic rings. The number of rotatable bonds is 5. The fourth-order valence-corrected chi connectivity index (χ4v) is 3.51. The van der Waals surface area contributed by atoms with E-state index in [9.17, 15) is 8.42 Å². The van der Waals surface area contributed by atoms with Crippen LogP contribution in [-0.4, -0.2) is 8.42 Å². The van der Waals surface area contributed by atoms with Gasteiger partial charge in [0.1, 0.15) is 11.5 Å². The van der Waals surface area contributed by atoms with Gasteiger partial charge in [-0.25, -0.2) is 0 Å². The molecule has 1 unspecified atom stereocenters. The van der Waals surface area contributed by atoms with Crippen molar-refractivity contribution in [3.63, 3.8) is 0 Å². The molecule has 0 heterocycles. The third kappa shape index (κ3) is 4.43. The molecule has 26 heavy (non-hydrogen) atoms. The summed E-state index contributed by atoms with van der Waals surface area (Å²) in [4.78, 5) is 0. The number of hydrogen-bond acceptors (Lipinski definition) is 4. The van der Waals surface area contributed by atoms with Gasteiger partial charge in [0.2, 0.25) is 0 Å². The molecule has 0 spiro atoms. The molecule has 4 nitrogen and oxygen atoms in total. The van der Waals surface area contributed by atoms with Gasteiger partial charge in [-0.05, 0) is 49.3 Å².